The minimum absolute atomic E-state index is 0.0332. The fourth-order valence-electron chi connectivity index (χ4n) is 5.16. The van der Waals surface area contributed by atoms with Gasteiger partial charge in [-0.15, -0.1) is 0 Å². The maximum absolute atomic E-state index is 13.7. The van der Waals surface area contributed by atoms with Crippen LogP contribution in [-0.2, 0) is 15.7 Å². The molecule has 10 heteroatoms. The van der Waals surface area contributed by atoms with Crippen LogP contribution in [0.3, 0.4) is 0 Å². The molecule has 0 bridgehead atoms. The number of allylic oxidation sites excluding steroid dienone is 1. The van der Waals surface area contributed by atoms with Crippen molar-refractivity contribution in [1.82, 2.24) is 9.88 Å². The molecular weight excluding hydrogens is 485 g/mol. The SMILES string of the molecule is CCC(N)C1OC(c2ccc(OC)c3nc(C(F)(F)F)ccc23)=NC1C(=O)N1CC2=C(CCC(C)=C2)C1. The highest BCUT2D eigenvalue weighted by Crippen LogP contribution is 2.36. The number of halogens is 3. The quantitative estimate of drug-likeness (QED) is 0.639. The number of carbonyl (C=O) groups is 1. The second kappa shape index (κ2) is 9.48. The van der Waals surface area contributed by atoms with Crippen LogP contribution in [0.4, 0.5) is 13.2 Å². The van der Waals surface area contributed by atoms with Crippen molar-refractivity contribution in [2.45, 2.75) is 57.5 Å². The van der Waals surface area contributed by atoms with Crippen LogP contribution in [0.1, 0.15) is 44.4 Å². The summed E-state index contributed by atoms with van der Waals surface area (Å²) >= 11 is 0. The third-order valence-electron chi connectivity index (χ3n) is 7.27. The number of ether oxygens (including phenoxy) is 2. The summed E-state index contributed by atoms with van der Waals surface area (Å²) in [4.78, 5) is 23.9. The zero-order valence-electron chi connectivity index (χ0n) is 20.9. The third-order valence-corrected chi connectivity index (χ3v) is 7.27. The predicted molar refractivity (Wildman–Crippen MR) is 133 cm³/mol. The van der Waals surface area contributed by atoms with E-state index in [2.05, 4.69) is 23.0 Å². The van der Waals surface area contributed by atoms with E-state index in [0.717, 1.165) is 18.9 Å². The van der Waals surface area contributed by atoms with Crippen molar-refractivity contribution in [3.05, 3.63) is 58.3 Å². The van der Waals surface area contributed by atoms with Crippen molar-refractivity contribution in [3.63, 3.8) is 0 Å². The Morgan fingerprint density at radius 3 is 2.73 bits per heavy atom. The van der Waals surface area contributed by atoms with Gasteiger partial charge in [-0.1, -0.05) is 18.6 Å². The number of hydrogen-bond acceptors (Lipinski definition) is 6. The Labute approximate surface area is 212 Å². The lowest BCUT2D eigenvalue weighted by molar-refractivity contribution is -0.141. The molecule has 3 unspecified atom stereocenters. The van der Waals surface area contributed by atoms with Crippen molar-refractivity contribution >= 4 is 22.7 Å². The van der Waals surface area contributed by atoms with E-state index in [0.29, 0.717) is 30.5 Å². The van der Waals surface area contributed by atoms with Crippen molar-refractivity contribution in [2.24, 2.45) is 10.7 Å². The molecule has 2 N–H and O–H groups in total. The van der Waals surface area contributed by atoms with Gasteiger partial charge in [0.25, 0.3) is 5.91 Å². The molecule has 1 aromatic carbocycles. The number of nitrogens with two attached hydrogens (primary N) is 1. The number of aliphatic imine (C=N–C) groups is 1. The monoisotopic (exact) mass is 514 g/mol. The summed E-state index contributed by atoms with van der Waals surface area (Å²) < 4.78 is 51.5. The second-order valence-corrected chi connectivity index (χ2v) is 9.75. The summed E-state index contributed by atoms with van der Waals surface area (Å²) in [5.41, 5.74) is 9.55. The fourth-order valence-corrected chi connectivity index (χ4v) is 5.16. The van der Waals surface area contributed by atoms with Crippen molar-refractivity contribution in [2.75, 3.05) is 20.2 Å². The number of aromatic nitrogens is 1. The van der Waals surface area contributed by atoms with Crippen molar-refractivity contribution in [3.8, 4) is 5.75 Å². The van der Waals surface area contributed by atoms with Gasteiger partial charge in [-0.05, 0) is 61.6 Å². The molecule has 3 aliphatic rings. The Hall–Kier alpha value is -3.40. The number of amides is 1. The Kier molecular flexibility index (Phi) is 6.47. The molecule has 196 valence electrons. The smallest absolute Gasteiger partial charge is 0.433 e. The molecule has 3 atom stereocenters. The maximum Gasteiger partial charge on any atom is 0.433 e. The van der Waals surface area contributed by atoms with Crippen LogP contribution in [0, 0.1) is 0 Å². The number of hydrogen-bond donors (Lipinski definition) is 1. The average molecular weight is 515 g/mol. The number of rotatable bonds is 5. The number of fused-ring (bicyclic) bond motifs is 1. The number of benzene rings is 1. The normalized spacial score (nSPS) is 22.5. The van der Waals surface area contributed by atoms with Crippen LogP contribution in [0.25, 0.3) is 10.9 Å². The van der Waals surface area contributed by atoms with Gasteiger partial charge in [0.1, 0.15) is 23.1 Å². The zero-order chi connectivity index (χ0) is 26.5. The van der Waals surface area contributed by atoms with E-state index in [-0.39, 0.29) is 23.1 Å². The van der Waals surface area contributed by atoms with Crippen molar-refractivity contribution < 1.29 is 27.4 Å². The highest BCUT2D eigenvalue weighted by atomic mass is 19.4. The largest absolute Gasteiger partial charge is 0.494 e. The Morgan fingerprint density at radius 2 is 2.03 bits per heavy atom. The Morgan fingerprint density at radius 1 is 1.24 bits per heavy atom. The zero-order valence-corrected chi connectivity index (χ0v) is 20.9. The van der Waals surface area contributed by atoms with E-state index < -0.39 is 30.1 Å². The van der Waals surface area contributed by atoms with Crippen LogP contribution < -0.4 is 10.5 Å². The molecule has 3 heterocycles. The van der Waals surface area contributed by atoms with Gasteiger partial charge < -0.3 is 20.1 Å². The van der Waals surface area contributed by atoms with Gasteiger partial charge in [0.2, 0.25) is 5.90 Å². The first-order valence-electron chi connectivity index (χ1n) is 12.3. The van der Waals surface area contributed by atoms with E-state index >= 15 is 0 Å². The van der Waals surface area contributed by atoms with Crippen molar-refractivity contribution in [1.29, 1.82) is 0 Å². The van der Waals surface area contributed by atoms with Gasteiger partial charge >= 0.3 is 6.18 Å². The highest BCUT2D eigenvalue weighted by Gasteiger charge is 2.43. The van der Waals surface area contributed by atoms with Crippen LogP contribution in [0.5, 0.6) is 5.75 Å². The molecule has 5 rings (SSSR count). The van der Waals surface area contributed by atoms with E-state index in [1.54, 1.807) is 11.0 Å². The summed E-state index contributed by atoms with van der Waals surface area (Å²) in [6.07, 6.45) is -0.639. The molecule has 0 saturated heterocycles. The molecule has 0 saturated carbocycles. The molecule has 2 aromatic rings. The molecule has 0 radical (unpaired) electrons. The lowest BCUT2D eigenvalue weighted by Gasteiger charge is -2.26. The minimum Gasteiger partial charge on any atom is -0.494 e. The van der Waals surface area contributed by atoms with Gasteiger partial charge in [-0.25, -0.2) is 9.98 Å². The molecule has 1 aromatic heterocycles. The standard InChI is InChI=1S/C27H29F3N4O3/c1-4-19(31)24-23(26(35)34-12-15-6-5-14(2)11-16(15)13-34)33-25(37-24)18-7-9-20(36-3)22-17(18)8-10-21(32-22)27(28,29)30/h7-11,19,23-24H,4-6,12-13,31H2,1-3H3. The first-order chi connectivity index (χ1) is 17.6. The number of carbonyl (C=O) groups excluding carboxylic acids is 1. The Balaban J connectivity index is 1.51. The highest BCUT2D eigenvalue weighted by molar-refractivity contribution is 6.09. The maximum atomic E-state index is 13.7. The number of methoxy groups -OCH3 is 1. The average Bonchev–Trinajstić information content (AvgIpc) is 3.50. The van der Waals surface area contributed by atoms with Crippen LogP contribution >= 0.6 is 0 Å². The number of pyridine rings is 1. The van der Waals surface area contributed by atoms with E-state index in [9.17, 15) is 18.0 Å². The number of nitrogens with zero attached hydrogens (tertiary/aromatic N) is 3. The number of alkyl halides is 3. The molecule has 37 heavy (non-hydrogen) atoms. The first-order valence-corrected chi connectivity index (χ1v) is 12.3. The van der Waals surface area contributed by atoms with Gasteiger partial charge in [0.05, 0.1) is 7.11 Å². The van der Waals surface area contributed by atoms with E-state index in [1.807, 2.05) is 6.92 Å². The first kappa shape index (κ1) is 25.3. The second-order valence-electron chi connectivity index (χ2n) is 9.75. The predicted octanol–water partition coefficient (Wildman–Crippen LogP) is 4.39. The molecule has 2 aliphatic heterocycles. The molecule has 1 amide bonds. The van der Waals surface area contributed by atoms with Gasteiger partial charge in [0.15, 0.2) is 6.04 Å². The molecule has 0 fully saturated rings. The summed E-state index contributed by atoms with van der Waals surface area (Å²) in [6, 6.07) is 4.10. The molecular formula is C27H29F3N4O3. The van der Waals surface area contributed by atoms with E-state index in [4.69, 9.17) is 15.2 Å². The van der Waals surface area contributed by atoms with E-state index in [1.165, 1.54) is 36.0 Å². The van der Waals surface area contributed by atoms with Crippen LogP contribution in [-0.4, -0.2) is 60.1 Å². The lowest BCUT2D eigenvalue weighted by atomic mass is 9.95. The molecule has 1 aliphatic carbocycles. The Bertz CT molecular complexity index is 1350. The van der Waals surface area contributed by atoms with Gasteiger partial charge in [-0.2, -0.15) is 13.2 Å². The summed E-state index contributed by atoms with van der Waals surface area (Å²) in [5.74, 6) is 0.184. The minimum atomic E-state index is -4.61. The third kappa shape index (κ3) is 4.58. The summed E-state index contributed by atoms with van der Waals surface area (Å²) in [6.45, 7) is 5.08. The molecule has 7 nitrogen and oxygen atoms in total. The summed E-state index contributed by atoms with van der Waals surface area (Å²) in [5, 5.41) is 0.377. The van der Waals surface area contributed by atoms with Crippen LogP contribution in [0.2, 0.25) is 0 Å². The van der Waals surface area contributed by atoms with Crippen LogP contribution in [0.15, 0.2) is 52.1 Å². The molecule has 0 spiro atoms. The topological polar surface area (TPSA) is 90.0 Å². The fraction of sp³-hybridized carbons (Fsp3) is 0.444. The van der Waals surface area contributed by atoms with Gasteiger partial charge in [0, 0.05) is 30.1 Å². The summed E-state index contributed by atoms with van der Waals surface area (Å²) in [7, 11) is 1.37. The lowest BCUT2D eigenvalue weighted by Crippen LogP contribution is -2.49. The van der Waals surface area contributed by atoms with Gasteiger partial charge in [-0.3, -0.25) is 4.79 Å².